The highest BCUT2D eigenvalue weighted by Crippen LogP contribution is 2.22. The Morgan fingerprint density at radius 2 is 2.26 bits per heavy atom. The van der Waals surface area contributed by atoms with Crippen LogP contribution in [0.15, 0.2) is 18.2 Å². The fourth-order valence-electron chi connectivity index (χ4n) is 2.24. The summed E-state index contributed by atoms with van der Waals surface area (Å²) in [5.74, 6) is -0.0331. The highest BCUT2D eigenvalue weighted by molar-refractivity contribution is 5.83. The molecule has 1 aliphatic rings. The lowest BCUT2D eigenvalue weighted by Gasteiger charge is -2.14. The molecule has 0 radical (unpaired) electrons. The van der Waals surface area contributed by atoms with Crippen molar-refractivity contribution in [1.29, 1.82) is 0 Å². The molecule has 1 aromatic carbocycles. The van der Waals surface area contributed by atoms with Crippen LogP contribution in [0.5, 0.6) is 5.75 Å². The van der Waals surface area contributed by atoms with Gasteiger partial charge in [-0.05, 0) is 31.0 Å². The second-order valence-corrected chi connectivity index (χ2v) is 5.13. The van der Waals surface area contributed by atoms with E-state index in [9.17, 15) is 9.18 Å². The molecule has 2 unspecified atom stereocenters. The predicted molar refractivity (Wildman–Crippen MR) is 70.4 cm³/mol. The quantitative estimate of drug-likeness (QED) is 0.894. The Labute approximate surface area is 112 Å². The summed E-state index contributed by atoms with van der Waals surface area (Å²) in [5, 5.41) is 0. The van der Waals surface area contributed by atoms with E-state index in [-0.39, 0.29) is 17.8 Å². The highest BCUT2D eigenvalue weighted by atomic mass is 19.1. The van der Waals surface area contributed by atoms with Crippen molar-refractivity contribution >= 4 is 5.91 Å². The van der Waals surface area contributed by atoms with Crippen molar-refractivity contribution in [2.24, 2.45) is 5.73 Å². The standard InChI is InChI=1S/C14H19FN2O2/c1-9(16)5-10-6-11(15)8-12(7-10)19-13-3-4-17(2)14(13)18/h6-9,13H,3-5,16H2,1-2H3. The first-order valence-electron chi connectivity index (χ1n) is 6.42. The van der Waals surface area contributed by atoms with Crippen LogP contribution in [-0.2, 0) is 11.2 Å². The molecule has 104 valence electrons. The van der Waals surface area contributed by atoms with Crippen LogP contribution in [0.3, 0.4) is 0 Å². The molecule has 2 atom stereocenters. The van der Waals surface area contributed by atoms with Crippen LogP contribution < -0.4 is 10.5 Å². The fraction of sp³-hybridized carbons (Fsp3) is 0.500. The van der Waals surface area contributed by atoms with Gasteiger partial charge >= 0.3 is 0 Å². The molecule has 2 N–H and O–H groups in total. The molecule has 0 bridgehead atoms. The molecular formula is C14H19FN2O2. The molecular weight excluding hydrogens is 247 g/mol. The first kappa shape index (κ1) is 13.8. The molecule has 0 aliphatic carbocycles. The van der Waals surface area contributed by atoms with Gasteiger partial charge in [0.05, 0.1) is 0 Å². The smallest absolute Gasteiger partial charge is 0.263 e. The zero-order chi connectivity index (χ0) is 14.0. The van der Waals surface area contributed by atoms with Crippen LogP contribution in [0.25, 0.3) is 0 Å². The summed E-state index contributed by atoms with van der Waals surface area (Å²) < 4.78 is 19.1. The predicted octanol–water partition coefficient (Wildman–Crippen LogP) is 1.32. The van der Waals surface area contributed by atoms with Gasteiger partial charge in [0, 0.05) is 32.1 Å². The van der Waals surface area contributed by atoms with Crippen molar-refractivity contribution < 1.29 is 13.9 Å². The maximum absolute atomic E-state index is 13.5. The Morgan fingerprint density at radius 3 is 2.84 bits per heavy atom. The normalized spacial score (nSPS) is 20.7. The summed E-state index contributed by atoms with van der Waals surface area (Å²) in [6.07, 6.45) is 0.705. The number of ether oxygens (including phenoxy) is 1. The molecule has 1 saturated heterocycles. The second-order valence-electron chi connectivity index (χ2n) is 5.13. The summed E-state index contributed by atoms with van der Waals surface area (Å²) in [4.78, 5) is 13.4. The van der Waals surface area contributed by atoms with Gasteiger partial charge in [-0.15, -0.1) is 0 Å². The van der Waals surface area contributed by atoms with Crippen LogP contribution >= 0.6 is 0 Å². The molecule has 1 heterocycles. The van der Waals surface area contributed by atoms with Gasteiger partial charge in [-0.1, -0.05) is 0 Å². The molecule has 19 heavy (non-hydrogen) atoms. The van der Waals surface area contributed by atoms with E-state index in [1.807, 2.05) is 6.92 Å². The van der Waals surface area contributed by atoms with E-state index in [4.69, 9.17) is 10.5 Å². The van der Waals surface area contributed by atoms with E-state index >= 15 is 0 Å². The topological polar surface area (TPSA) is 55.6 Å². The first-order chi connectivity index (χ1) is 8.95. The molecule has 5 heteroatoms. The molecule has 0 spiro atoms. The molecule has 1 aromatic rings. The van der Waals surface area contributed by atoms with Gasteiger partial charge in [0.1, 0.15) is 11.6 Å². The molecule has 1 fully saturated rings. The third-order valence-electron chi connectivity index (χ3n) is 3.15. The van der Waals surface area contributed by atoms with Crippen LogP contribution in [0.1, 0.15) is 18.9 Å². The number of likely N-dealkylation sites (N-methyl/N-ethyl adjacent to an activating group) is 1. The monoisotopic (exact) mass is 266 g/mol. The Morgan fingerprint density at radius 1 is 1.53 bits per heavy atom. The number of carbonyl (C=O) groups excluding carboxylic acids is 1. The van der Waals surface area contributed by atoms with Crippen molar-refractivity contribution in [2.75, 3.05) is 13.6 Å². The van der Waals surface area contributed by atoms with Gasteiger partial charge in [0.15, 0.2) is 6.10 Å². The van der Waals surface area contributed by atoms with E-state index < -0.39 is 6.10 Å². The van der Waals surface area contributed by atoms with E-state index in [1.54, 1.807) is 18.0 Å². The number of carbonyl (C=O) groups is 1. The van der Waals surface area contributed by atoms with Gasteiger partial charge in [0.25, 0.3) is 5.91 Å². The molecule has 1 amide bonds. The van der Waals surface area contributed by atoms with Crippen molar-refractivity contribution in [3.63, 3.8) is 0 Å². The number of hydrogen-bond acceptors (Lipinski definition) is 3. The number of amides is 1. The summed E-state index contributed by atoms with van der Waals surface area (Å²) in [5.41, 5.74) is 6.49. The number of nitrogens with two attached hydrogens (primary N) is 1. The minimum absolute atomic E-state index is 0.0473. The van der Waals surface area contributed by atoms with Gasteiger partial charge in [0.2, 0.25) is 0 Å². The van der Waals surface area contributed by atoms with Crippen LogP contribution in [-0.4, -0.2) is 36.5 Å². The minimum Gasteiger partial charge on any atom is -0.480 e. The maximum atomic E-state index is 13.5. The number of nitrogens with zero attached hydrogens (tertiary/aromatic N) is 1. The van der Waals surface area contributed by atoms with E-state index in [2.05, 4.69) is 0 Å². The average Bonchev–Trinajstić information content (AvgIpc) is 2.59. The highest BCUT2D eigenvalue weighted by Gasteiger charge is 2.30. The van der Waals surface area contributed by atoms with Crippen LogP contribution in [0.2, 0.25) is 0 Å². The van der Waals surface area contributed by atoms with Gasteiger partial charge in [-0.25, -0.2) is 4.39 Å². The van der Waals surface area contributed by atoms with Crippen molar-refractivity contribution in [2.45, 2.75) is 31.9 Å². The minimum atomic E-state index is -0.505. The van der Waals surface area contributed by atoms with Gasteiger partial charge in [-0.3, -0.25) is 4.79 Å². The third kappa shape index (κ3) is 3.44. The fourth-order valence-corrected chi connectivity index (χ4v) is 2.24. The Kier molecular flexibility index (Phi) is 4.04. The largest absolute Gasteiger partial charge is 0.480 e. The lowest BCUT2D eigenvalue weighted by Crippen LogP contribution is -2.29. The first-order valence-corrected chi connectivity index (χ1v) is 6.42. The number of hydrogen-bond donors (Lipinski definition) is 1. The summed E-state index contributed by atoms with van der Waals surface area (Å²) in [6.45, 7) is 2.53. The molecule has 4 nitrogen and oxygen atoms in total. The number of halogens is 1. The molecule has 2 rings (SSSR count). The summed E-state index contributed by atoms with van der Waals surface area (Å²) >= 11 is 0. The van der Waals surface area contributed by atoms with E-state index in [0.717, 1.165) is 5.56 Å². The summed E-state index contributed by atoms with van der Waals surface area (Å²) in [6, 6.07) is 4.45. The van der Waals surface area contributed by atoms with Crippen molar-refractivity contribution in [3.8, 4) is 5.75 Å². The van der Waals surface area contributed by atoms with Crippen molar-refractivity contribution in [1.82, 2.24) is 4.90 Å². The zero-order valence-corrected chi connectivity index (χ0v) is 11.2. The van der Waals surface area contributed by atoms with Crippen LogP contribution in [0.4, 0.5) is 4.39 Å². The SMILES string of the molecule is CC(N)Cc1cc(F)cc(OC2CCN(C)C2=O)c1. The van der Waals surface area contributed by atoms with Gasteiger partial charge < -0.3 is 15.4 Å². The van der Waals surface area contributed by atoms with E-state index in [1.165, 1.54) is 12.1 Å². The Hall–Kier alpha value is -1.62. The lowest BCUT2D eigenvalue weighted by molar-refractivity contribution is -0.132. The number of likely N-dealkylation sites (tertiary alicyclic amines) is 1. The molecule has 0 saturated carbocycles. The third-order valence-corrected chi connectivity index (χ3v) is 3.15. The number of benzene rings is 1. The Bertz CT molecular complexity index is 477. The van der Waals surface area contributed by atoms with Crippen LogP contribution in [0, 0.1) is 5.82 Å². The van der Waals surface area contributed by atoms with Gasteiger partial charge in [-0.2, -0.15) is 0 Å². The summed E-state index contributed by atoms with van der Waals surface area (Å²) in [7, 11) is 1.73. The zero-order valence-electron chi connectivity index (χ0n) is 11.2. The molecule has 0 aromatic heterocycles. The second kappa shape index (κ2) is 5.57. The van der Waals surface area contributed by atoms with Crippen molar-refractivity contribution in [3.05, 3.63) is 29.6 Å². The Balaban J connectivity index is 2.12. The average molecular weight is 266 g/mol. The maximum Gasteiger partial charge on any atom is 0.263 e. The number of rotatable bonds is 4. The van der Waals surface area contributed by atoms with E-state index in [0.29, 0.717) is 25.1 Å². The lowest BCUT2D eigenvalue weighted by atomic mass is 10.1. The molecule has 1 aliphatic heterocycles.